The van der Waals surface area contributed by atoms with E-state index in [0.717, 1.165) is 90.7 Å². The number of phenolic OH excluding ortho intramolecular Hbond substituents is 1. The van der Waals surface area contributed by atoms with Crippen molar-refractivity contribution in [2.24, 2.45) is 5.92 Å². The number of rotatable bonds is 12. The minimum Gasteiger partial charge on any atom is -0.506 e. The number of benzene rings is 4. The average Bonchev–Trinajstić information content (AvgIpc) is 3.58. The molecule has 0 unspecified atom stereocenters. The number of pyridine rings is 1. The van der Waals surface area contributed by atoms with Gasteiger partial charge in [0.2, 0.25) is 5.56 Å². The monoisotopic (exact) mass is 751 g/mol. The van der Waals surface area contributed by atoms with Gasteiger partial charge in [-0.2, -0.15) is 0 Å². The van der Waals surface area contributed by atoms with Crippen molar-refractivity contribution < 1.29 is 29.5 Å². The summed E-state index contributed by atoms with van der Waals surface area (Å²) in [4.78, 5) is 31.5. The van der Waals surface area contributed by atoms with E-state index in [1.807, 2.05) is 18.2 Å². The number of nitrogens with zero attached hydrogens (tertiary/aromatic N) is 3. The molecule has 10 nitrogen and oxygen atoms in total. The number of amides is 1. The molecule has 0 spiro atoms. The fraction of sp³-hybridized carbons (Fsp3) is 0.302. The number of aryl methyl sites for hydroxylation is 2. The van der Waals surface area contributed by atoms with Gasteiger partial charge in [0, 0.05) is 54.9 Å². The maximum atomic E-state index is 13.0. The lowest BCUT2D eigenvalue weighted by Crippen LogP contribution is -2.59. The number of nitrogens with one attached hydrogen (secondary N) is 2. The Balaban J connectivity index is 0.00000257. The Morgan fingerprint density at radius 2 is 1.71 bits per heavy atom. The van der Waals surface area contributed by atoms with Gasteiger partial charge in [-0.05, 0) is 109 Å². The van der Waals surface area contributed by atoms with Gasteiger partial charge in [0.05, 0.1) is 23.3 Å². The molecule has 0 radical (unpaired) electrons. The molecule has 3 fully saturated rings. The van der Waals surface area contributed by atoms with Crippen molar-refractivity contribution >= 4 is 33.6 Å². The Morgan fingerprint density at radius 1 is 0.927 bits per heavy atom. The number of carbonyl (C=O) groups is 1. The lowest BCUT2D eigenvalue weighted by atomic mass is 9.82. The van der Waals surface area contributed by atoms with Crippen molar-refractivity contribution in [1.82, 2.24) is 19.8 Å². The summed E-state index contributed by atoms with van der Waals surface area (Å²) in [5.74, 6) is 0.351. The number of piperidine rings is 3. The normalized spacial score (nSPS) is 18.1. The van der Waals surface area contributed by atoms with Gasteiger partial charge in [-0.15, -0.1) is 0 Å². The van der Waals surface area contributed by atoms with Crippen LogP contribution in [-0.2, 0) is 19.5 Å². The highest BCUT2D eigenvalue weighted by Gasteiger charge is 2.40. The Bertz CT molecular complexity index is 2320. The van der Waals surface area contributed by atoms with Crippen LogP contribution in [-0.4, -0.2) is 68.1 Å². The first-order valence-corrected chi connectivity index (χ1v) is 18.6. The molecule has 288 valence electrons. The molecule has 9 rings (SSSR count). The van der Waals surface area contributed by atoms with Crippen LogP contribution in [0.4, 0.5) is 19.9 Å². The molecular weight excluding hydrogens is 704 g/mol. The number of aromatic amines is 1. The van der Waals surface area contributed by atoms with Crippen molar-refractivity contribution in [3.8, 4) is 16.9 Å². The van der Waals surface area contributed by atoms with Crippen LogP contribution < -0.4 is 15.8 Å². The first-order valence-electron chi connectivity index (χ1n) is 18.6. The molecule has 5 N–H and O–H groups in total. The van der Waals surface area contributed by atoms with E-state index in [1.54, 1.807) is 17.0 Å². The van der Waals surface area contributed by atoms with Crippen molar-refractivity contribution in [3.63, 3.8) is 0 Å². The van der Waals surface area contributed by atoms with Crippen molar-refractivity contribution in [1.29, 1.82) is 0 Å². The minimum atomic E-state index is -0.882. The van der Waals surface area contributed by atoms with Crippen LogP contribution in [0.2, 0.25) is 0 Å². The predicted octanol–water partition coefficient (Wildman–Crippen LogP) is 7.20. The van der Waals surface area contributed by atoms with E-state index in [9.17, 15) is 24.9 Å². The van der Waals surface area contributed by atoms with Crippen molar-refractivity contribution in [2.75, 3.05) is 31.1 Å². The molecule has 0 saturated carbocycles. The third-order valence-corrected chi connectivity index (χ3v) is 11.2. The summed E-state index contributed by atoms with van der Waals surface area (Å²) in [6.45, 7) is 4.60. The lowest BCUT2D eigenvalue weighted by Gasteiger charge is -2.48. The molecule has 12 heteroatoms. The molecule has 4 aromatic carbocycles. The number of aromatic hydroxyl groups is 1. The number of carboxylic acid groups (broad SMARTS) is 1. The van der Waals surface area contributed by atoms with Gasteiger partial charge in [-0.3, -0.25) is 19.1 Å². The molecule has 3 aliphatic rings. The summed E-state index contributed by atoms with van der Waals surface area (Å²) in [6, 6.07) is 31.1. The van der Waals surface area contributed by atoms with Crippen molar-refractivity contribution in [3.05, 3.63) is 130 Å². The number of halogens is 2. The van der Waals surface area contributed by atoms with E-state index in [4.69, 9.17) is 0 Å². The molecule has 6 aromatic rings. The minimum absolute atomic E-state index is 0. The second kappa shape index (κ2) is 16.8. The van der Waals surface area contributed by atoms with Crippen LogP contribution in [0.25, 0.3) is 32.9 Å². The van der Waals surface area contributed by atoms with Gasteiger partial charge in [-0.25, -0.2) is 4.79 Å². The summed E-state index contributed by atoms with van der Waals surface area (Å²) < 4.78 is 2.27. The number of fused-ring (bicyclic) bond motifs is 5. The zero-order chi connectivity index (χ0) is 36.5. The van der Waals surface area contributed by atoms with Gasteiger partial charge < -0.3 is 35.1 Å². The van der Waals surface area contributed by atoms with Gasteiger partial charge >= 0.3 is 6.09 Å². The zero-order valence-electron chi connectivity index (χ0n) is 30.4. The number of hydrogen-bond acceptors (Lipinski definition) is 6. The Labute approximate surface area is 317 Å². The van der Waals surface area contributed by atoms with Crippen molar-refractivity contribution in [2.45, 2.75) is 50.9 Å². The van der Waals surface area contributed by atoms with E-state index in [2.05, 4.69) is 80.6 Å². The second-order valence-corrected chi connectivity index (χ2v) is 14.5. The highest BCUT2D eigenvalue weighted by atomic mass is 19.0. The Kier molecular flexibility index (Phi) is 12.0. The summed E-state index contributed by atoms with van der Waals surface area (Å²) >= 11 is 0. The van der Waals surface area contributed by atoms with Gasteiger partial charge in [0.1, 0.15) is 5.75 Å². The summed E-state index contributed by atoms with van der Waals surface area (Å²) in [7, 11) is 0. The van der Waals surface area contributed by atoms with Crippen LogP contribution in [0.15, 0.2) is 108 Å². The number of hydrogen-bond donors (Lipinski definition) is 5. The van der Waals surface area contributed by atoms with Crippen LogP contribution in [0.1, 0.15) is 42.1 Å². The molecule has 0 aliphatic carbocycles. The standard InChI is InChI=1S/C43H45N5O5.2FH/c49-39-14-11-34(35-12-15-41(51)45-42(35)39)40(50)26-44-25-29-9-13-36-32(23-29)18-22-47(36)19-4-5-28-8-10-33(30-6-2-1-3-7-30)37(24-28)48(43(52)53)38-27-46-20-16-31(38)17-21-46;;/h1-3,6-15,18,22-24,31,38,40,44,49-50H,4-5,16-17,19-21,25-27H2,(H,45,51)(H,52,53);2*1H/t38-,40+;;/m0../s1. The highest BCUT2D eigenvalue weighted by molar-refractivity contribution is 5.94. The van der Waals surface area contributed by atoms with E-state index >= 15 is 0 Å². The largest absolute Gasteiger partial charge is 0.506 e. The Morgan fingerprint density at radius 3 is 2.45 bits per heavy atom. The fourth-order valence-corrected chi connectivity index (χ4v) is 8.46. The van der Waals surface area contributed by atoms with E-state index in [0.29, 0.717) is 35.5 Å². The lowest BCUT2D eigenvalue weighted by molar-refractivity contribution is 0.0837. The quantitative estimate of drug-likeness (QED) is 0.0894. The number of aromatic nitrogens is 2. The third kappa shape index (κ3) is 8.12. The smallest absolute Gasteiger partial charge is 0.412 e. The van der Waals surface area contributed by atoms with E-state index in [-0.39, 0.29) is 26.8 Å². The van der Waals surface area contributed by atoms with Crippen LogP contribution >= 0.6 is 0 Å². The average molecular weight is 752 g/mol. The topological polar surface area (TPSA) is 134 Å². The number of anilines is 1. The number of aliphatic hydroxyl groups excluding tert-OH is 1. The predicted molar refractivity (Wildman–Crippen MR) is 213 cm³/mol. The molecule has 1 amide bonds. The molecule has 2 atom stereocenters. The van der Waals surface area contributed by atoms with E-state index in [1.165, 1.54) is 12.1 Å². The van der Waals surface area contributed by atoms with Gasteiger partial charge in [0.15, 0.2) is 0 Å². The highest BCUT2D eigenvalue weighted by Crippen LogP contribution is 2.39. The molecular formula is C43H47F2N5O5. The van der Waals surface area contributed by atoms with Gasteiger partial charge in [-0.1, -0.05) is 54.6 Å². The third-order valence-electron chi connectivity index (χ3n) is 11.2. The second-order valence-electron chi connectivity index (χ2n) is 14.5. The first kappa shape index (κ1) is 39.1. The molecule has 2 aromatic heterocycles. The number of aliphatic hydroxyl groups is 1. The SMILES string of the molecule is F.F.O=C(O)N(c1cc(CCCn2ccc3cc(CNC[C@@H](O)c4ccc(O)c5[nH]c(=O)ccc45)ccc32)ccc1-c1ccccc1)[C@H]1CN2CCC1CC2. The Hall–Kier alpha value is -5.56. The number of phenols is 1. The number of H-pyrrole nitrogens is 1. The molecule has 5 heterocycles. The maximum Gasteiger partial charge on any atom is 0.412 e. The molecule has 55 heavy (non-hydrogen) atoms. The summed E-state index contributed by atoms with van der Waals surface area (Å²) in [5, 5.41) is 36.8. The molecule has 3 saturated heterocycles. The maximum absolute atomic E-state index is 13.0. The van der Waals surface area contributed by atoms with Crippen LogP contribution in [0, 0.1) is 5.92 Å². The first-order chi connectivity index (χ1) is 25.8. The molecule has 2 bridgehead atoms. The van der Waals surface area contributed by atoms with Crippen LogP contribution in [0.3, 0.4) is 0 Å². The fourth-order valence-electron chi connectivity index (χ4n) is 8.46. The summed E-state index contributed by atoms with van der Waals surface area (Å²) in [5.41, 5.74) is 6.78. The van der Waals surface area contributed by atoms with Crippen LogP contribution in [0.5, 0.6) is 5.75 Å². The summed E-state index contributed by atoms with van der Waals surface area (Å²) in [6.07, 6.45) is 4.23. The van der Waals surface area contributed by atoms with E-state index < -0.39 is 12.2 Å². The van der Waals surface area contributed by atoms with Gasteiger partial charge in [0.25, 0.3) is 0 Å². The molecule has 3 aliphatic heterocycles. The zero-order valence-corrected chi connectivity index (χ0v) is 30.4.